The number of benzene rings is 1. The summed E-state index contributed by atoms with van der Waals surface area (Å²) in [6, 6.07) is 8.72. The van der Waals surface area contributed by atoms with Crippen molar-refractivity contribution in [2.45, 2.75) is 26.3 Å². The van der Waals surface area contributed by atoms with Crippen LogP contribution in [0.25, 0.3) is 10.9 Å². The summed E-state index contributed by atoms with van der Waals surface area (Å²) in [4.78, 5) is 13.7. The predicted molar refractivity (Wildman–Crippen MR) is 88.1 cm³/mol. The zero-order valence-electron chi connectivity index (χ0n) is 12.6. The average Bonchev–Trinajstić information content (AvgIpc) is 2.53. The second-order valence-corrected chi connectivity index (χ2v) is 5.95. The molecule has 2 heterocycles. The van der Waals surface area contributed by atoms with E-state index in [0.717, 1.165) is 42.9 Å². The van der Waals surface area contributed by atoms with Crippen molar-refractivity contribution in [2.24, 2.45) is 0 Å². The van der Waals surface area contributed by atoms with E-state index in [4.69, 9.17) is 11.6 Å². The lowest BCUT2D eigenvalue weighted by molar-refractivity contribution is 0.192. The number of nitrogens with zero attached hydrogens (tertiary/aromatic N) is 4. The molecule has 1 aliphatic rings. The first-order chi connectivity index (χ1) is 10.2. The van der Waals surface area contributed by atoms with Crippen LogP contribution in [-0.2, 0) is 0 Å². The van der Waals surface area contributed by atoms with Gasteiger partial charge in [-0.15, -0.1) is 0 Å². The summed E-state index contributed by atoms with van der Waals surface area (Å²) in [6.07, 6.45) is 1.20. The summed E-state index contributed by atoms with van der Waals surface area (Å²) in [7, 11) is 0. The molecule has 1 fully saturated rings. The number of piperazine rings is 1. The molecule has 0 aliphatic carbocycles. The quantitative estimate of drug-likeness (QED) is 0.815. The number of fused-ring (bicyclic) bond motifs is 1. The molecule has 0 amide bonds. The van der Waals surface area contributed by atoms with Crippen LogP contribution in [0.3, 0.4) is 0 Å². The maximum absolute atomic E-state index is 6.09. The van der Waals surface area contributed by atoms with Gasteiger partial charge in [0.1, 0.15) is 5.82 Å². The van der Waals surface area contributed by atoms with E-state index in [1.54, 1.807) is 0 Å². The number of para-hydroxylation sites is 1. The third-order valence-electron chi connectivity index (χ3n) is 4.38. The van der Waals surface area contributed by atoms with Crippen LogP contribution in [0.15, 0.2) is 24.3 Å². The first-order valence-electron chi connectivity index (χ1n) is 7.60. The van der Waals surface area contributed by atoms with Crippen molar-refractivity contribution in [3.63, 3.8) is 0 Å². The molecule has 5 heteroatoms. The Balaban J connectivity index is 1.85. The first kappa shape index (κ1) is 14.5. The van der Waals surface area contributed by atoms with E-state index in [9.17, 15) is 0 Å². The monoisotopic (exact) mass is 304 g/mol. The minimum atomic E-state index is 0.327. The fourth-order valence-electron chi connectivity index (χ4n) is 2.91. The van der Waals surface area contributed by atoms with Gasteiger partial charge in [0.15, 0.2) is 0 Å². The van der Waals surface area contributed by atoms with Crippen molar-refractivity contribution in [3.05, 3.63) is 29.5 Å². The molecule has 4 nitrogen and oxygen atoms in total. The maximum Gasteiger partial charge on any atom is 0.224 e. The highest BCUT2D eigenvalue weighted by atomic mass is 35.5. The largest absolute Gasteiger partial charge is 0.353 e. The lowest BCUT2D eigenvalue weighted by atomic mass is 10.1. The predicted octanol–water partition coefficient (Wildman–Crippen LogP) is 3.20. The first-order valence-corrected chi connectivity index (χ1v) is 7.98. The van der Waals surface area contributed by atoms with Crippen molar-refractivity contribution < 1.29 is 0 Å². The molecule has 1 aliphatic heterocycles. The van der Waals surface area contributed by atoms with E-state index in [2.05, 4.69) is 39.7 Å². The molecule has 1 atom stereocenters. The Hall–Kier alpha value is -1.39. The molecule has 21 heavy (non-hydrogen) atoms. The Morgan fingerprint density at radius 3 is 2.57 bits per heavy atom. The fraction of sp³-hybridized carbons (Fsp3) is 0.500. The van der Waals surface area contributed by atoms with E-state index in [-0.39, 0.29) is 0 Å². The van der Waals surface area contributed by atoms with Gasteiger partial charge in [-0.25, -0.2) is 4.98 Å². The van der Waals surface area contributed by atoms with Gasteiger partial charge in [0.25, 0.3) is 0 Å². The SMILES string of the molecule is CCC(C)N1CCN(c2nc(Cl)nc3ccccc23)CC1. The molecule has 112 valence electrons. The molecule has 0 radical (unpaired) electrons. The summed E-state index contributed by atoms with van der Waals surface area (Å²) >= 11 is 6.09. The second-order valence-electron chi connectivity index (χ2n) is 5.61. The van der Waals surface area contributed by atoms with Gasteiger partial charge in [0.2, 0.25) is 5.28 Å². The van der Waals surface area contributed by atoms with Crippen LogP contribution in [0.2, 0.25) is 5.28 Å². The molecular weight excluding hydrogens is 284 g/mol. The van der Waals surface area contributed by atoms with Crippen molar-refractivity contribution in [2.75, 3.05) is 31.1 Å². The van der Waals surface area contributed by atoms with Gasteiger partial charge < -0.3 is 4.90 Å². The van der Waals surface area contributed by atoms with Gasteiger partial charge in [-0.1, -0.05) is 19.1 Å². The number of hydrogen-bond donors (Lipinski definition) is 0. The molecule has 2 aromatic rings. The van der Waals surface area contributed by atoms with Crippen LogP contribution in [0, 0.1) is 0 Å². The topological polar surface area (TPSA) is 32.3 Å². The minimum absolute atomic E-state index is 0.327. The highest BCUT2D eigenvalue weighted by Gasteiger charge is 2.22. The molecule has 0 bridgehead atoms. The van der Waals surface area contributed by atoms with Crippen molar-refractivity contribution in [1.29, 1.82) is 0 Å². The zero-order chi connectivity index (χ0) is 14.8. The molecular formula is C16H21ClN4. The van der Waals surface area contributed by atoms with E-state index in [1.807, 2.05) is 18.2 Å². The lowest BCUT2D eigenvalue weighted by Crippen LogP contribution is -2.49. The molecule has 3 rings (SSSR count). The van der Waals surface area contributed by atoms with Gasteiger partial charge in [0, 0.05) is 37.6 Å². The Labute approximate surface area is 130 Å². The van der Waals surface area contributed by atoms with Gasteiger partial charge >= 0.3 is 0 Å². The van der Waals surface area contributed by atoms with E-state index >= 15 is 0 Å². The van der Waals surface area contributed by atoms with E-state index < -0.39 is 0 Å². The van der Waals surface area contributed by atoms with E-state index in [1.165, 1.54) is 6.42 Å². The smallest absolute Gasteiger partial charge is 0.224 e. The van der Waals surface area contributed by atoms with Crippen molar-refractivity contribution >= 4 is 28.3 Å². The van der Waals surface area contributed by atoms with Crippen LogP contribution < -0.4 is 4.90 Å². The highest BCUT2D eigenvalue weighted by molar-refractivity contribution is 6.28. The summed E-state index contributed by atoms with van der Waals surface area (Å²) in [5.41, 5.74) is 0.914. The standard InChI is InChI=1S/C16H21ClN4/c1-3-12(2)20-8-10-21(11-9-20)15-13-6-4-5-7-14(13)18-16(17)19-15/h4-7,12H,3,8-11H2,1-2H3. The fourth-order valence-corrected chi connectivity index (χ4v) is 3.08. The van der Waals surface area contributed by atoms with E-state index in [0.29, 0.717) is 11.3 Å². The van der Waals surface area contributed by atoms with Gasteiger partial charge in [-0.05, 0) is 37.1 Å². The number of halogens is 1. The van der Waals surface area contributed by atoms with Crippen LogP contribution in [0.1, 0.15) is 20.3 Å². The van der Waals surface area contributed by atoms with Crippen molar-refractivity contribution in [1.82, 2.24) is 14.9 Å². The Morgan fingerprint density at radius 2 is 1.86 bits per heavy atom. The molecule has 1 saturated heterocycles. The Bertz CT molecular complexity index is 623. The molecule has 0 saturated carbocycles. The second kappa shape index (κ2) is 6.16. The summed E-state index contributed by atoms with van der Waals surface area (Å²) < 4.78 is 0. The summed E-state index contributed by atoms with van der Waals surface area (Å²) in [6.45, 7) is 8.67. The van der Waals surface area contributed by atoms with Gasteiger partial charge in [0.05, 0.1) is 5.52 Å². The molecule has 0 N–H and O–H groups in total. The third-order valence-corrected chi connectivity index (χ3v) is 4.55. The molecule has 0 spiro atoms. The van der Waals surface area contributed by atoms with Crippen molar-refractivity contribution in [3.8, 4) is 0 Å². The Morgan fingerprint density at radius 1 is 1.14 bits per heavy atom. The number of anilines is 1. The normalized spacial score (nSPS) is 18.1. The summed E-state index contributed by atoms with van der Waals surface area (Å²) in [5, 5.41) is 1.41. The third kappa shape index (κ3) is 2.97. The average molecular weight is 305 g/mol. The highest BCUT2D eigenvalue weighted by Crippen LogP contribution is 2.26. The van der Waals surface area contributed by atoms with Crippen LogP contribution >= 0.6 is 11.6 Å². The zero-order valence-corrected chi connectivity index (χ0v) is 13.3. The Kier molecular flexibility index (Phi) is 4.27. The molecule has 1 aromatic heterocycles. The van der Waals surface area contributed by atoms with Crippen LogP contribution in [-0.4, -0.2) is 47.1 Å². The van der Waals surface area contributed by atoms with Crippen LogP contribution in [0.5, 0.6) is 0 Å². The summed E-state index contributed by atoms with van der Waals surface area (Å²) in [5.74, 6) is 0.967. The molecule has 1 aromatic carbocycles. The number of aromatic nitrogens is 2. The minimum Gasteiger partial charge on any atom is -0.353 e. The lowest BCUT2D eigenvalue weighted by Gasteiger charge is -2.38. The van der Waals surface area contributed by atoms with Gasteiger partial charge in [-0.3, -0.25) is 4.90 Å². The number of rotatable bonds is 3. The molecule has 1 unspecified atom stereocenters. The van der Waals surface area contributed by atoms with Crippen LogP contribution in [0.4, 0.5) is 5.82 Å². The maximum atomic E-state index is 6.09. The van der Waals surface area contributed by atoms with Gasteiger partial charge in [-0.2, -0.15) is 4.98 Å². The number of hydrogen-bond acceptors (Lipinski definition) is 4.